The quantitative estimate of drug-likeness (QED) is 0.724. The zero-order valence-corrected chi connectivity index (χ0v) is 6.67. The first-order valence-electron chi connectivity index (χ1n) is 3.66. The maximum Gasteiger partial charge on any atom is 0.298 e. The van der Waals surface area contributed by atoms with Crippen molar-refractivity contribution < 1.29 is 13.9 Å². The van der Waals surface area contributed by atoms with Crippen molar-refractivity contribution in [2.45, 2.75) is 19.0 Å². The fourth-order valence-electron chi connectivity index (χ4n) is 0.902. The van der Waals surface area contributed by atoms with Crippen molar-refractivity contribution in [2.75, 3.05) is 0 Å². The van der Waals surface area contributed by atoms with Crippen molar-refractivity contribution in [1.82, 2.24) is 0 Å². The molecule has 0 aliphatic heterocycles. The van der Waals surface area contributed by atoms with E-state index in [2.05, 4.69) is 0 Å². The molecule has 0 unspecified atom stereocenters. The summed E-state index contributed by atoms with van der Waals surface area (Å²) in [6.07, 6.45) is -1.65. The summed E-state index contributed by atoms with van der Waals surface area (Å²) >= 11 is 0. The summed E-state index contributed by atoms with van der Waals surface area (Å²) in [5.41, 5.74) is -0.153. The predicted octanol–water partition coefficient (Wildman–Crippen LogP) is 2.16. The lowest BCUT2D eigenvalue weighted by Gasteiger charge is -2.19. The monoisotopic (exact) mass is 172 g/mol. The van der Waals surface area contributed by atoms with E-state index >= 15 is 0 Å². The van der Waals surface area contributed by atoms with Gasteiger partial charge < -0.3 is 5.11 Å². The van der Waals surface area contributed by atoms with Crippen LogP contribution in [0.25, 0.3) is 0 Å². The van der Waals surface area contributed by atoms with Crippen LogP contribution in [0.5, 0.6) is 0 Å². The van der Waals surface area contributed by atoms with E-state index in [4.69, 9.17) is 5.11 Å². The highest BCUT2D eigenvalue weighted by molar-refractivity contribution is 5.20. The van der Waals surface area contributed by atoms with Gasteiger partial charge in [-0.1, -0.05) is 30.3 Å². The molecule has 0 aromatic heterocycles. The molecule has 3 heteroatoms. The number of benzene rings is 1. The maximum atomic E-state index is 13.0. The second-order valence-electron chi connectivity index (χ2n) is 2.66. The van der Waals surface area contributed by atoms with E-state index in [0.29, 0.717) is 0 Å². The molecule has 0 aliphatic rings. The number of aliphatic hydroxyl groups is 1. The lowest BCUT2D eigenvalue weighted by molar-refractivity contribution is -0.106. The molecule has 12 heavy (non-hydrogen) atoms. The van der Waals surface area contributed by atoms with Crippen LogP contribution in [0.4, 0.5) is 8.78 Å². The number of aliphatic hydroxyl groups excluding tert-OH is 1. The van der Waals surface area contributed by atoms with E-state index < -0.39 is 12.0 Å². The molecule has 1 nitrogen and oxygen atoms in total. The van der Waals surface area contributed by atoms with E-state index in [9.17, 15) is 8.78 Å². The number of hydrogen-bond acceptors (Lipinski definition) is 1. The van der Waals surface area contributed by atoms with Crippen LogP contribution < -0.4 is 0 Å². The summed E-state index contributed by atoms with van der Waals surface area (Å²) < 4.78 is 26.1. The van der Waals surface area contributed by atoms with Crippen molar-refractivity contribution in [3.8, 4) is 0 Å². The molecule has 66 valence electrons. The van der Waals surface area contributed by atoms with Gasteiger partial charge in [0.2, 0.25) is 0 Å². The van der Waals surface area contributed by atoms with E-state index in [-0.39, 0.29) is 5.56 Å². The Bertz CT molecular complexity index is 244. The van der Waals surface area contributed by atoms with Gasteiger partial charge in [0, 0.05) is 5.56 Å². The molecule has 0 heterocycles. The molecule has 1 atom stereocenters. The molecule has 0 saturated heterocycles. The highest BCUT2D eigenvalue weighted by Gasteiger charge is 2.36. The van der Waals surface area contributed by atoms with E-state index in [0.717, 1.165) is 6.92 Å². The lowest BCUT2D eigenvalue weighted by Crippen LogP contribution is -2.27. The van der Waals surface area contributed by atoms with Crippen molar-refractivity contribution in [1.29, 1.82) is 0 Å². The predicted molar refractivity (Wildman–Crippen MR) is 42.0 cm³/mol. The Morgan fingerprint density at radius 3 is 2.17 bits per heavy atom. The average Bonchev–Trinajstić information content (AvgIpc) is 2.06. The third kappa shape index (κ3) is 1.61. The minimum atomic E-state index is -3.15. The molecule has 1 aromatic carbocycles. The van der Waals surface area contributed by atoms with Crippen LogP contribution in [0.15, 0.2) is 30.3 Å². The largest absolute Gasteiger partial charge is 0.387 e. The van der Waals surface area contributed by atoms with E-state index in [1.54, 1.807) is 6.07 Å². The Balaban J connectivity index is 2.98. The number of hydrogen-bond donors (Lipinski definition) is 1. The summed E-state index contributed by atoms with van der Waals surface area (Å²) in [5, 5.41) is 8.78. The Morgan fingerprint density at radius 1 is 1.25 bits per heavy atom. The van der Waals surface area contributed by atoms with Crippen LogP contribution in [-0.4, -0.2) is 11.2 Å². The van der Waals surface area contributed by atoms with Crippen molar-refractivity contribution in [2.24, 2.45) is 0 Å². The molecule has 0 spiro atoms. The smallest absolute Gasteiger partial charge is 0.298 e. The molecular formula is C9H10F2O. The minimum Gasteiger partial charge on any atom is -0.387 e. The highest BCUT2D eigenvalue weighted by atomic mass is 19.3. The van der Waals surface area contributed by atoms with Gasteiger partial charge in [-0.15, -0.1) is 0 Å². The summed E-state index contributed by atoms with van der Waals surface area (Å²) in [6, 6.07) is 7.29. The van der Waals surface area contributed by atoms with E-state index in [1.165, 1.54) is 24.3 Å². The fraction of sp³-hybridized carbons (Fsp3) is 0.333. The molecule has 0 radical (unpaired) electrons. The van der Waals surface area contributed by atoms with Crippen molar-refractivity contribution in [3.05, 3.63) is 35.9 Å². The lowest BCUT2D eigenvalue weighted by atomic mass is 10.0. The topological polar surface area (TPSA) is 20.2 Å². The van der Waals surface area contributed by atoms with Gasteiger partial charge in [0.15, 0.2) is 0 Å². The summed E-state index contributed by atoms with van der Waals surface area (Å²) in [6.45, 7) is 1.08. The highest BCUT2D eigenvalue weighted by Crippen LogP contribution is 2.30. The zero-order valence-electron chi connectivity index (χ0n) is 6.67. The van der Waals surface area contributed by atoms with Crippen LogP contribution >= 0.6 is 0 Å². The van der Waals surface area contributed by atoms with Gasteiger partial charge in [-0.25, -0.2) is 0 Å². The van der Waals surface area contributed by atoms with Gasteiger partial charge in [-0.2, -0.15) is 8.78 Å². The molecule has 1 N–H and O–H groups in total. The molecule has 1 rings (SSSR count). The Hall–Kier alpha value is -0.960. The zero-order chi connectivity index (χ0) is 9.19. The Labute approximate surface area is 69.7 Å². The molecule has 0 fully saturated rings. The summed E-state index contributed by atoms with van der Waals surface area (Å²) in [4.78, 5) is 0. The maximum absolute atomic E-state index is 13.0. The average molecular weight is 172 g/mol. The number of rotatable bonds is 2. The van der Waals surface area contributed by atoms with E-state index in [1.807, 2.05) is 0 Å². The first kappa shape index (κ1) is 9.13. The molecular weight excluding hydrogens is 162 g/mol. The summed E-state index contributed by atoms with van der Waals surface area (Å²) in [7, 11) is 0. The number of alkyl halides is 2. The summed E-state index contributed by atoms with van der Waals surface area (Å²) in [5.74, 6) is -3.15. The fourth-order valence-corrected chi connectivity index (χ4v) is 0.902. The second kappa shape index (κ2) is 3.19. The first-order chi connectivity index (χ1) is 5.55. The van der Waals surface area contributed by atoms with Crippen LogP contribution in [0.3, 0.4) is 0 Å². The number of halogens is 2. The van der Waals surface area contributed by atoms with Gasteiger partial charge in [0.05, 0.1) is 0 Å². The third-order valence-electron chi connectivity index (χ3n) is 1.68. The van der Waals surface area contributed by atoms with Crippen molar-refractivity contribution in [3.63, 3.8) is 0 Å². The van der Waals surface area contributed by atoms with Gasteiger partial charge >= 0.3 is 0 Å². The van der Waals surface area contributed by atoms with Gasteiger partial charge in [0.25, 0.3) is 5.92 Å². The van der Waals surface area contributed by atoms with Gasteiger partial charge in [-0.05, 0) is 6.92 Å². The molecule has 0 amide bonds. The third-order valence-corrected chi connectivity index (χ3v) is 1.68. The van der Waals surface area contributed by atoms with Crippen LogP contribution in [0.1, 0.15) is 12.5 Å². The van der Waals surface area contributed by atoms with Crippen molar-refractivity contribution >= 4 is 0 Å². The SMILES string of the molecule is C[C@@H](O)C(F)(F)c1ccccc1. The van der Waals surface area contributed by atoms with Crippen LogP contribution in [0, 0.1) is 0 Å². The molecule has 0 bridgehead atoms. The first-order valence-corrected chi connectivity index (χ1v) is 3.66. The second-order valence-corrected chi connectivity index (χ2v) is 2.66. The Kier molecular flexibility index (Phi) is 2.43. The standard InChI is InChI=1S/C9H10F2O/c1-7(12)9(10,11)8-5-3-2-4-6-8/h2-7,12H,1H3/t7-/m1/s1. The minimum absolute atomic E-state index is 0.153. The van der Waals surface area contributed by atoms with Crippen LogP contribution in [-0.2, 0) is 5.92 Å². The van der Waals surface area contributed by atoms with Gasteiger partial charge in [-0.3, -0.25) is 0 Å². The van der Waals surface area contributed by atoms with Crippen LogP contribution in [0.2, 0.25) is 0 Å². The van der Waals surface area contributed by atoms with Gasteiger partial charge in [0.1, 0.15) is 6.10 Å². The Morgan fingerprint density at radius 2 is 1.75 bits per heavy atom. The normalized spacial score (nSPS) is 14.3. The molecule has 0 aliphatic carbocycles. The molecule has 0 saturated carbocycles. The molecule has 1 aromatic rings.